The molecular formula is C20H16Cl2N4O2S. The Morgan fingerprint density at radius 2 is 1.97 bits per heavy atom. The smallest absolute Gasteiger partial charge is 0.179 e. The van der Waals surface area contributed by atoms with Crippen LogP contribution in [0.5, 0.6) is 11.5 Å². The molecule has 29 heavy (non-hydrogen) atoms. The van der Waals surface area contributed by atoms with E-state index in [2.05, 4.69) is 21.0 Å². The Morgan fingerprint density at radius 3 is 2.59 bits per heavy atom. The minimum atomic E-state index is 0.283. The Labute approximate surface area is 182 Å². The average Bonchev–Trinajstić information content (AvgIpc) is 3.12. The molecule has 0 aliphatic carbocycles. The van der Waals surface area contributed by atoms with Crippen molar-refractivity contribution in [3.05, 3.63) is 62.0 Å². The summed E-state index contributed by atoms with van der Waals surface area (Å²) >= 11 is 13.9. The molecule has 0 saturated carbocycles. The first kappa shape index (κ1) is 21.1. The van der Waals surface area contributed by atoms with Gasteiger partial charge in [-0.25, -0.2) is 4.98 Å². The number of nitriles is 1. The number of rotatable bonds is 7. The maximum absolute atomic E-state index is 9.63. The fourth-order valence-corrected chi connectivity index (χ4v) is 3.76. The third-order valence-corrected chi connectivity index (χ3v) is 5.66. The van der Waals surface area contributed by atoms with Crippen molar-refractivity contribution >= 4 is 46.2 Å². The predicted octanol–water partition coefficient (Wildman–Crippen LogP) is 5.24. The fourth-order valence-electron chi connectivity index (χ4n) is 2.52. The summed E-state index contributed by atoms with van der Waals surface area (Å²) in [5, 5.41) is 10.3. The van der Waals surface area contributed by atoms with Crippen molar-refractivity contribution < 1.29 is 9.47 Å². The number of allylic oxidation sites excluding steroid dienone is 1. The van der Waals surface area contributed by atoms with Crippen molar-refractivity contribution in [2.45, 2.75) is 13.3 Å². The van der Waals surface area contributed by atoms with Gasteiger partial charge in [0.2, 0.25) is 0 Å². The Kier molecular flexibility index (Phi) is 7.04. The van der Waals surface area contributed by atoms with E-state index in [0.29, 0.717) is 39.4 Å². The highest BCUT2D eigenvalue weighted by molar-refractivity contribution is 7.09. The van der Waals surface area contributed by atoms with Crippen molar-refractivity contribution in [3.63, 3.8) is 0 Å². The number of hydrogen-bond donors (Lipinski definition) is 0. The summed E-state index contributed by atoms with van der Waals surface area (Å²) in [6, 6.07) is 3.79. The van der Waals surface area contributed by atoms with Crippen LogP contribution < -0.4 is 9.47 Å². The largest absolute Gasteiger partial charge is 0.491 e. The van der Waals surface area contributed by atoms with Crippen molar-refractivity contribution in [3.8, 4) is 17.6 Å². The van der Waals surface area contributed by atoms with Crippen LogP contribution in [0.25, 0.3) is 11.6 Å². The van der Waals surface area contributed by atoms with Crippen molar-refractivity contribution in [2.24, 2.45) is 0 Å². The number of nitrogens with zero attached hydrogens (tertiary/aromatic N) is 4. The molecule has 3 heterocycles. The third kappa shape index (κ3) is 5.04. The van der Waals surface area contributed by atoms with Crippen LogP contribution >= 0.6 is 34.5 Å². The van der Waals surface area contributed by atoms with Gasteiger partial charge < -0.3 is 9.47 Å². The molecule has 0 amide bonds. The van der Waals surface area contributed by atoms with Gasteiger partial charge >= 0.3 is 0 Å². The molecule has 0 aliphatic rings. The molecule has 3 aromatic rings. The second-order valence-corrected chi connectivity index (χ2v) is 7.62. The number of ether oxygens (including phenoxy) is 2. The summed E-state index contributed by atoms with van der Waals surface area (Å²) < 4.78 is 11.2. The molecule has 3 aromatic heterocycles. The standard InChI is InChI=1S/C20H16Cl2N4O2S/c1-12-20(29-11-26-12)3-4-28-18-6-17(25-10-19(18)27-2)13(7-23)5-14-15(21)8-24-9-16(14)22/h5-6,8-11H,3-4H2,1-2H3/b13-5+. The first-order chi connectivity index (χ1) is 14.0. The number of aromatic nitrogens is 3. The van der Waals surface area contributed by atoms with Gasteiger partial charge in [-0.15, -0.1) is 11.3 Å². The van der Waals surface area contributed by atoms with Crippen LogP contribution in [-0.2, 0) is 6.42 Å². The number of pyridine rings is 2. The molecule has 0 fully saturated rings. The summed E-state index contributed by atoms with van der Waals surface area (Å²) in [6.07, 6.45) is 6.74. The number of hydrogen-bond acceptors (Lipinski definition) is 7. The second kappa shape index (κ2) is 9.70. The summed E-state index contributed by atoms with van der Waals surface area (Å²) in [4.78, 5) is 13.6. The van der Waals surface area contributed by atoms with E-state index < -0.39 is 0 Å². The van der Waals surface area contributed by atoms with E-state index in [9.17, 15) is 5.26 Å². The molecule has 0 aliphatic heterocycles. The number of thiazole rings is 1. The van der Waals surface area contributed by atoms with Crippen LogP contribution in [-0.4, -0.2) is 28.7 Å². The minimum absolute atomic E-state index is 0.283. The molecule has 0 spiro atoms. The predicted molar refractivity (Wildman–Crippen MR) is 115 cm³/mol. The van der Waals surface area contributed by atoms with E-state index in [4.69, 9.17) is 32.7 Å². The van der Waals surface area contributed by atoms with Crippen LogP contribution in [0.4, 0.5) is 0 Å². The highest BCUT2D eigenvalue weighted by Gasteiger charge is 2.13. The highest BCUT2D eigenvalue weighted by Crippen LogP contribution is 2.32. The van der Waals surface area contributed by atoms with Crippen LogP contribution in [0.3, 0.4) is 0 Å². The van der Waals surface area contributed by atoms with Gasteiger partial charge in [-0.2, -0.15) is 5.26 Å². The summed E-state index contributed by atoms with van der Waals surface area (Å²) in [5.74, 6) is 0.972. The van der Waals surface area contributed by atoms with E-state index in [0.717, 1.165) is 17.0 Å². The van der Waals surface area contributed by atoms with E-state index in [1.54, 1.807) is 23.5 Å². The van der Waals surface area contributed by atoms with E-state index >= 15 is 0 Å². The molecule has 0 unspecified atom stereocenters. The number of halogens is 2. The third-order valence-electron chi connectivity index (χ3n) is 4.06. The first-order valence-electron chi connectivity index (χ1n) is 8.50. The van der Waals surface area contributed by atoms with Gasteiger partial charge in [-0.05, 0) is 13.0 Å². The Morgan fingerprint density at radius 1 is 1.21 bits per heavy atom. The zero-order valence-electron chi connectivity index (χ0n) is 15.6. The number of aryl methyl sites for hydroxylation is 1. The minimum Gasteiger partial charge on any atom is -0.491 e. The maximum Gasteiger partial charge on any atom is 0.179 e. The van der Waals surface area contributed by atoms with Crippen LogP contribution in [0.15, 0.2) is 30.2 Å². The van der Waals surface area contributed by atoms with E-state index in [-0.39, 0.29) is 5.57 Å². The molecule has 0 N–H and O–H groups in total. The van der Waals surface area contributed by atoms with Gasteiger partial charge in [0.25, 0.3) is 0 Å². The summed E-state index contributed by atoms with van der Waals surface area (Å²) in [7, 11) is 1.54. The molecule has 0 saturated heterocycles. The topological polar surface area (TPSA) is 80.9 Å². The zero-order valence-corrected chi connectivity index (χ0v) is 18.0. The lowest BCUT2D eigenvalue weighted by Crippen LogP contribution is -2.04. The zero-order chi connectivity index (χ0) is 20.8. The van der Waals surface area contributed by atoms with Gasteiger partial charge in [-0.1, -0.05) is 23.2 Å². The van der Waals surface area contributed by atoms with Gasteiger partial charge in [0.05, 0.1) is 52.4 Å². The molecule has 3 rings (SSSR count). The first-order valence-corrected chi connectivity index (χ1v) is 10.1. The van der Waals surface area contributed by atoms with Gasteiger partial charge in [0.15, 0.2) is 11.5 Å². The van der Waals surface area contributed by atoms with Gasteiger partial charge in [-0.3, -0.25) is 9.97 Å². The Balaban J connectivity index is 1.87. The average molecular weight is 447 g/mol. The maximum atomic E-state index is 9.63. The monoisotopic (exact) mass is 446 g/mol. The SMILES string of the molecule is COc1cnc(/C(C#N)=C/c2c(Cl)cncc2Cl)cc1OCCc1scnc1C. The fraction of sp³-hybridized carbons (Fsp3) is 0.200. The number of methoxy groups -OCH3 is 1. The van der Waals surface area contributed by atoms with E-state index in [1.807, 2.05) is 12.4 Å². The lowest BCUT2D eigenvalue weighted by atomic mass is 10.1. The molecular weight excluding hydrogens is 431 g/mol. The second-order valence-electron chi connectivity index (χ2n) is 5.87. The molecule has 148 valence electrons. The molecule has 6 nitrogen and oxygen atoms in total. The Hall–Kier alpha value is -2.66. The van der Waals surface area contributed by atoms with Crippen molar-refractivity contribution in [1.82, 2.24) is 15.0 Å². The van der Waals surface area contributed by atoms with Crippen LogP contribution in [0, 0.1) is 18.3 Å². The van der Waals surface area contributed by atoms with Gasteiger partial charge in [0, 0.05) is 35.3 Å². The summed E-state index contributed by atoms with van der Waals surface area (Å²) in [5.41, 5.74) is 4.02. The highest BCUT2D eigenvalue weighted by atomic mass is 35.5. The van der Waals surface area contributed by atoms with Crippen molar-refractivity contribution in [2.75, 3.05) is 13.7 Å². The molecule has 0 radical (unpaired) electrons. The lowest BCUT2D eigenvalue weighted by Gasteiger charge is -2.11. The molecule has 0 atom stereocenters. The lowest BCUT2D eigenvalue weighted by molar-refractivity contribution is 0.297. The normalized spacial score (nSPS) is 11.2. The molecule has 0 bridgehead atoms. The Bertz CT molecular complexity index is 1070. The van der Waals surface area contributed by atoms with Crippen LogP contribution in [0.2, 0.25) is 10.0 Å². The quantitative estimate of drug-likeness (QED) is 0.461. The summed E-state index contributed by atoms with van der Waals surface area (Å²) in [6.45, 7) is 2.41. The molecule has 0 aromatic carbocycles. The van der Waals surface area contributed by atoms with E-state index in [1.165, 1.54) is 25.7 Å². The van der Waals surface area contributed by atoms with Crippen LogP contribution in [0.1, 0.15) is 21.8 Å². The van der Waals surface area contributed by atoms with Gasteiger partial charge in [0.1, 0.15) is 6.07 Å². The molecule has 9 heteroatoms. The van der Waals surface area contributed by atoms with Crippen molar-refractivity contribution in [1.29, 1.82) is 5.26 Å².